The van der Waals surface area contributed by atoms with E-state index in [1.165, 1.54) is 21.1 Å². The summed E-state index contributed by atoms with van der Waals surface area (Å²) in [5.74, 6) is -0.942. The third-order valence-electron chi connectivity index (χ3n) is 3.91. The van der Waals surface area contributed by atoms with Gasteiger partial charge in [-0.2, -0.15) is 0 Å². The van der Waals surface area contributed by atoms with Crippen LogP contribution >= 0.6 is 0 Å². The van der Waals surface area contributed by atoms with Gasteiger partial charge in [-0.3, -0.25) is 9.59 Å². The second kappa shape index (κ2) is 5.26. The predicted molar refractivity (Wildman–Crippen MR) is 67.1 cm³/mol. The number of carbonyl (C=O) groups excluding carboxylic acids is 2. The molecule has 0 aromatic carbocycles. The Morgan fingerprint density at radius 1 is 0.889 bits per heavy atom. The van der Waals surface area contributed by atoms with Crippen molar-refractivity contribution in [2.75, 3.05) is 14.2 Å². The van der Waals surface area contributed by atoms with Crippen molar-refractivity contribution in [3.8, 4) is 0 Å². The smallest absolute Gasteiger partial charge is 0.318 e. The zero-order valence-corrected chi connectivity index (χ0v) is 12.5. The lowest BCUT2D eigenvalue weighted by Crippen LogP contribution is -2.62. The van der Waals surface area contributed by atoms with Crippen LogP contribution < -0.4 is 0 Å². The van der Waals surface area contributed by atoms with Gasteiger partial charge in [-0.1, -0.05) is 0 Å². The zero-order valence-electron chi connectivity index (χ0n) is 12.5. The van der Waals surface area contributed by atoms with E-state index in [4.69, 9.17) is 14.2 Å². The normalized spacial score (nSPS) is 15.8. The van der Waals surface area contributed by atoms with Crippen molar-refractivity contribution in [3.63, 3.8) is 0 Å². The van der Waals surface area contributed by atoms with Crippen LogP contribution in [0.25, 0.3) is 0 Å². The first kappa shape index (κ1) is 16.9. The molecule has 0 bridgehead atoms. The molecule has 1 atom stereocenters. The number of hydrogen-bond donors (Lipinski definition) is 0. The van der Waals surface area contributed by atoms with E-state index in [2.05, 4.69) is 0 Å². The molecule has 0 heterocycles. The summed E-state index contributed by atoms with van der Waals surface area (Å²) < 4.78 is 15.6. The summed E-state index contributed by atoms with van der Waals surface area (Å²) in [4.78, 5) is 23.4. The van der Waals surface area contributed by atoms with E-state index >= 15 is 0 Å². The summed E-state index contributed by atoms with van der Waals surface area (Å²) in [6.45, 7) is 9.84. The Balaban J connectivity index is 5.77. The van der Waals surface area contributed by atoms with E-state index in [0.717, 1.165) is 0 Å². The maximum Gasteiger partial charge on any atom is 0.318 e. The molecule has 0 rings (SSSR count). The highest BCUT2D eigenvalue weighted by atomic mass is 16.6. The minimum absolute atomic E-state index is 0.456. The number of carbonyl (C=O) groups is 2. The maximum absolute atomic E-state index is 12.2. The summed E-state index contributed by atoms with van der Waals surface area (Å²) >= 11 is 0. The Bertz CT molecular complexity index is 332. The summed E-state index contributed by atoms with van der Waals surface area (Å²) in [7, 11) is 2.81. The monoisotopic (exact) mass is 260 g/mol. The van der Waals surface area contributed by atoms with Gasteiger partial charge in [0.25, 0.3) is 0 Å². The topological polar surface area (TPSA) is 61.8 Å². The summed E-state index contributed by atoms with van der Waals surface area (Å²) in [5.41, 5.74) is -3.07. The fourth-order valence-electron chi connectivity index (χ4n) is 2.09. The molecule has 0 saturated heterocycles. The SMILES string of the molecule is COC(=O)C(C)(C(C)(C)OC)C(C)(C)OC(C)=O. The van der Waals surface area contributed by atoms with Crippen LogP contribution in [-0.2, 0) is 23.8 Å². The highest BCUT2D eigenvalue weighted by molar-refractivity contribution is 5.80. The first-order valence-electron chi connectivity index (χ1n) is 5.79. The third-order valence-corrected chi connectivity index (χ3v) is 3.91. The van der Waals surface area contributed by atoms with Crippen LogP contribution in [0.4, 0.5) is 0 Å². The van der Waals surface area contributed by atoms with Crippen LogP contribution in [0.5, 0.6) is 0 Å². The van der Waals surface area contributed by atoms with E-state index in [9.17, 15) is 9.59 Å². The Morgan fingerprint density at radius 3 is 1.61 bits per heavy atom. The van der Waals surface area contributed by atoms with Crippen LogP contribution in [0.15, 0.2) is 0 Å². The lowest BCUT2D eigenvalue weighted by atomic mass is 9.64. The molecular weight excluding hydrogens is 236 g/mol. The van der Waals surface area contributed by atoms with E-state index in [1.54, 1.807) is 34.6 Å². The molecule has 106 valence electrons. The fraction of sp³-hybridized carbons (Fsp3) is 0.846. The van der Waals surface area contributed by atoms with Crippen LogP contribution in [-0.4, -0.2) is 37.4 Å². The van der Waals surface area contributed by atoms with Crippen LogP contribution in [0.3, 0.4) is 0 Å². The van der Waals surface area contributed by atoms with E-state index < -0.39 is 28.6 Å². The molecule has 0 saturated carbocycles. The number of rotatable bonds is 5. The lowest BCUT2D eigenvalue weighted by molar-refractivity contribution is -0.214. The molecule has 0 amide bonds. The molecule has 5 nitrogen and oxygen atoms in total. The molecule has 0 aromatic rings. The zero-order chi connectivity index (χ0) is 14.8. The Morgan fingerprint density at radius 2 is 1.33 bits per heavy atom. The first-order chi connectivity index (χ1) is 7.96. The van der Waals surface area contributed by atoms with Crippen molar-refractivity contribution in [2.45, 2.75) is 52.7 Å². The highest BCUT2D eigenvalue weighted by Gasteiger charge is 2.60. The van der Waals surface area contributed by atoms with Gasteiger partial charge in [0, 0.05) is 14.0 Å². The first-order valence-corrected chi connectivity index (χ1v) is 5.79. The van der Waals surface area contributed by atoms with Crippen LogP contribution in [0, 0.1) is 5.41 Å². The van der Waals surface area contributed by atoms with E-state index in [0.29, 0.717) is 0 Å². The molecule has 0 spiro atoms. The van der Waals surface area contributed by atoms with Crippen molar-refractivity contribution in [1.29, 1.82) is 0 Å². The summed E-state index contributed by atoms with van der Waals surface area (Å²) in [6.07, 6.45) is 0. The van der Waals surface area contributed by atoms with Crippen molar-refractivity contribution in [1.82, 2.24) is 0 Å². The second-order valence-electron chi connectivity index (χ2n) is 5.43. The van der Waals surface area contributed by atoms with Gasteiger partial charge < -0.3 is 14.2 Å². The fourth-order valence-corrected chi connectivity index (χ4v) is 2.09. The van der Waals surface area contributed by atoms with Crippen molar-refractivity contribution in [3.05, 3.63) is 0 Å². The van der Waals surface area contributed by atoms with E-state index in [-0.39, 0.29) is 0 Å². The number of esters is 2. The molecule has 1 unspecified atom stereocenters. The lowest BCUT2D eigenvalue weighted by Gasteiger charge is -2.49. The van der Waals surface area contributed by atoms with Crippen LogP contribution in [0.1, 0.15) is 41.5 Å². The van der Waals surface area contributed by atoms with Gasteiger partial charge in [0.15, 0.2) is 0 Å². The molecule has 0 fully saturated rings. The van der Waals surface area contributed by atoms with Gasteiger partial charge >= 0.3 is 11.9 Å². The minimum atomic E-state index is -1.14. The van der Waals surface area contributed by atoms with Gasteiger partial charge in [0.05, 0.1) is 12.7 Å². The molecule has 0 aromatic heterocycles. The average molecular weight is 260 g/mol. The van der Waals surface area contributed by atoms with Gasteiger partial charge in [0.1, 0.15) is 11.0 Å². The van der Waals surface area contributed by atoms with Crippen molar-refractivity contribution >= 4 is 11.9 Å². The number of hydrogen-bond acceptors (Lipinski definition) is 5. The molecule has 18 heavy (non-hydrogen) atoms. The molecule has 0 aliphatic carbocycles. The Kier molecular flexibility index (Phi) is 4.94. The van der Waals surface area contributed by atoms with Gasteiger partial charge in [-0.25, -0.2) is 0 Å². The van der Waals surface area contributed by atoms with Crippen LogP contribution in [0.2, 0.25) is 0 Å². The molecule has 0 aliphatic heterocycles. The Labute approximate surface area is 109 Å². The maximum atomic E-state index is 12.2. The molecule has 0 radical (unpaired) electrons. The average Bonchev–Trinajstić information content (AvgIpc) is 2.24. The van der Waals surface area contributed by atoms with Gasteiger partial charge in [0.2, 0.25) is 0 Å². The molecule has 0 aliphatic rings. The number of methoxy groups -OCH3 is 2. The Hall–Kier alpha value is -1.10. The van der Waals surface area contributed by atoms with Crippen molar-refractivity contribution < 1.29 is 23.8 Å². The predicted octanol–water partition coefficient (Wildman–Crippen LogP) is 1.93. The van der Waals surface area contributed by atoms with Gasteiger partial charge in [-0.15, -0.1) is 0 Å². The molecule has 0 N–H and O–H groups in total. The third kappa shape index (κ3) is 2.66. The van der Waals surface area contributed by atoms with Gasteiger partial charge in [-0.05, 0) is 34.6 Å². The largest absolute Gasteiger partial charge is 0.468 e. The second-order valence-corrected chi connectivity index (χ2v) is 5.43. The quantitative estimate of drug-likeness (QED) is 0.707. The van der Waals surface area contributed by atoms with E-state index in [1.807, 2.05) is 0 Å². The molecular formula is C13H24O5. The van der Waals surface area contributed by atoms with Crippen molar-refractivity contribution in [2.24, 2.45) is 5.41 Å². The number of ether oxygens (including phenoxy) is 3. The standard InChI is InChI=1S/C13H24O5/c1-9(14)18-12(4,5)13(6,10(15)16-7)11(2,3)17-8/h1-8H3. The summed E-state index contributed by atoms with van der Waals surface area (Å²) in [6, 6.07) is 0. The highest BCUT2D eigenvalue weighted by Crippen LogP contribution is 2.46. The minimum Gasteiger partial charge on any atom is -0.468 e. The summed E-state index contributed by atoms with van der Waals surface area (Å²) in [5, 5.41) is 0. The molecule has 5 heteroatoms.